The summed E-state index contributed by atoms with van der Waals surface area (Å²) in [5, 5.41) is -0.510. The molecule has 1 N–H and O–H groups in total. The van der Waals surface area contributed by atoms with Crippen LogP contribution in [0.3, 0.4) is 0 Å². The molecule has 1 aromatic carbocycles. The molecule has 7 nitrogen and oxygen atoms in total. The molecule has 8 heteroatoms. The van der Waals surface area contributed by atoms with Crippen molar-refractivity contribution in [2.45, 2.75) is 37.9 Å². The first kappa shape index (κ1) is 17.5. The molecule has 1 heterocycles. The Kier molecular flexibility index (Phi) is 4.80. The predicted molar refractivity (Wildman–Crippen MR) is 91.9 cm³/mol. The average Bonchev–Trinajstić information content (AvgIpc) is 3.24. The minimum atomic E-state index is -3.69. The second-order valence-electron chi connectivity index (χ2n) is 6.03. The summed E-state index contributed by atoms with van der Waals surface area (Å²) in [4.78, 5) is 16.5. The number of oxazole rings is 1. The molecule has 0 spiro atoms. The van der Waals surface area contributed by atoms with Gasteiger partial charge in [-0.05, 0) is 44.0 Å². The fourth-order valence-electron chi connectivity index (χ4n) is 2.92. The highest BCUT2D eigenvalue weighted by atomic mass is 32.2. The molecule has 0 bridgehead atoms. The fraction of sp³-hybridized carbons (Fsp3) is 0.412. The van der Waals surface area contributed by atoms with Crippen molar-refractivity contribution in [3.05, 3.63) is 35.7 Å². The Labute approximate surface area is 146 Å². The molecule has 0 saturated heterocycles. The first-order valence-corrected chi connectivity index (χ1v) is 9.63. The lowest BCUT2D eigenvalue weighted by Gasteiger charge is -2.11. The molecular formula is C17H20N2O5S. The van der Waals surface area contributed by atoms with Crippen LogP contribution < -0.4 is 9.46 Å². The first-order chi connectivity index (χ1) is 11.9. The predicted octanol–water partition coefficient (Wildman–Crippen LogP) is 2.66. The summed E-state index contributed by atoms with van der Waals surface area (Å²) >= 11 is 0. The molecule has 1 aliphatic rings. The molecule has 134 valence electrons. The van der Waals surface area contributed by atoms with E-state index in [2.05, 4.69) is 9.71 Å². The quantitative estimate of drug-likeness (QED) is 0.876. The number of hydrogen-bond donors (Lipinski definition) is 1. The number of carbonyl (C=O) groups is 1. The van der Waals surface area contributed by atoms with E-state index in [4.69, 9.17) is 9.15 Å². The number of ether oxygens (including phenoxy) is 1. The van der Waals surface area contributed by atoms with Gasteiger partial charge >= 0.3 is 0 Å². The summed E-state index contributed by atoms with van der Waals surface area (Å²) in [6.45, 7) is 1.58. The zero-order valence-corrected chi connectivity index (χ0v) is 14.9. The number of benzene rings is 1. The summed E-state index contributed by atoms with van der Waals surface area (Å²) in [6, 6.07) is 7.00. The molecule has 0 unspecified atom stereocenters. The van der Waals surface area contributed by atoms with Crippen LogP contribution in [-0.4, -0.2) is 31.7 Å². The average molecular weight is 364 g/mol. The normalized spacial score (nSPS) is 15.3. The van der Waals surface area contributed by atoms with E-state index >= 15 is 0 Å². The molecule has 1 amide bonds. The summed E-state index contributed by atoms with van der Waals surface area (Å²) in [5.74, 6) is 0.453. The van der Waals surface area contributed by atoms with Gasteiger partial charge in [0.2, 0.25) is 15.9 Å². The number of nitrogens with zero attached hydrogens (tertiary/aromatic N) is 1. The van der Waals surface area contributed by atoms with Gasteiger partial charge in [-0.25, -0.2) is 18.1 Å². The molecule has 1 aliphatic carbocycles. The minimum Gasteiger partial charge on any atom is -0.497 e. The van der Waals surface area contributed by atoms with Gasteiger partial charge in [0.25, 0.3) is 5.91 Å². The number of hydrogen-bond acceptors (Lipinski definition) is 6. The topological polar surface area (TPSA) is 98.5 Å². The van der Waals surface area contributed by atoms with Gasteiger partial charge in [0.1, 0.15) is 11.5 Å². The number of carbonyl (C=O) groups excluding carboxylic acids is 1. The Bertz CT molecular complexity index is 865. The number of methoxy groups -OCH3 is 1. The maximum absolute atomic E-state index is 12.4. The van der Waals surface area contributed by atoms with Crippen molar-refractivity contribution in [1.29, 1.82) is 0 Å². The van der Waals surface area contributed by atoms with Gasteiger partial charge in [-0.1, -0.05) is 12.8 Å². The Balaban J connectivity index is 1.80. The third kappa shape index (κ3) is 3.68. The third-order valence-electron chi connectivity index (χ3n) is 4.32. The van der Waals surface area contributed by atoms with E-state index in [9.17, 15) is 13.2 Å². The third-order valence-corrected chi connectivity index (χ3v) is 6.14. The molecule has 1 saturated carbocycles. The highest BCUT2D eigenvalue weighted by Crippen LogP contribution is 2.26. The van der Waals surface area contributed by atoms with Crippen LogP contribution in [0.1, 0.15) is 41.9 Å². The van der Waals surface area contributed by atoms with Crippen LogP contribution in [0.4, 0.5) is 0 Å². The largest absolute Gasteiger partial charge is 0.497 e. The van der Waals surface area contributed by atoms with Crippen LogP contribution >= 0.6 is 0 Å². The minimum absolute atomic E-state index is 0.0209. The van der Waals surface area contributed by atoms with Gasteiger partial charge in [-0.2, -0.15) is 0 Å². The number of aryl methyl sites for hydroxylation is 1. The van der Waals surface area contributed by atoms with E-state index in [1.54, 1.807) is 38.3 Å². The molecule has 0 atom stereocenters. The van der Waals surface area contributed by atoms with Crippen molar-refractivity contribution < 1.29 is 22.4 Å². The van der Waals surface area contributed by atoms with E-state index < -0.39 is 21.2 Å². The fourth-order valence-corrected chi connectivity index (χ4v) is 4.40. The molecule has 2 aromatic rings. The van der Waals surface area contributed by atoms with E-state index in [-0.39, 0.29) is 17.3 Å². The molecule has 1 aromatic heterocycles. The van der Waals surface area contributed by atoms with Crippen LogP contribution in [0, 0.1) is 6.92 Å². The summed E-state index contributed by atoms with van der Waals surface area (Å²) in [7, 11) is -2.12. The van der Waals surface area contributed by atoms with Crippen molar-refractivity contribution in [3.63, 3.8) is 0 Å². The molecule has 0 radical (unpaired) electrons. The SMILES string of the molecule is COc1ccc(-c2nc(C(=O)NS(=O)(=O)C3CCCC3)c(C)o2)cc1. The smallest absolute Gasteiger partial charge is 0.286 e. The van der Waals surface area contributed by atoms with Gasteiger partial charge in [0, 0.05) is 5.56 Å². The lowest BCUT2D eigenvalue weighted by Crippen LogP contribution is -2.37. The molecule has 1 fully saturated rings. The molecule has 3 rings (SSSR count). The van der Waals surface area contributed by atoms with Crippen molar-refractivity contribution in [2.75, 3.05) is 7.11 Å². The van der Waals surface area contributed by atoms with Gasteiger partial charge < -0.3 is 9.15 Å². The Morgan fingerprint density at radius 2 is 1.88 bits per heavy atom. The highest BCUT2D eigenvalue weighted by Gasteiger charge is 2.31. The standard InChI is InChI=1S/C17H20N2O5S/c1-11-15(16(20)19-25(21,22)14-5-3-4-6-14)18-17(24-11)12-7-9-13(23-2)10-8-12/h7-10,14H,3-6H2,1-2H3,(H,19,20). The van der Waals surface area contributed by atoms with Crippen LogP contribution in [-0.2, 0) is 10.0 Å². The van der Waals surface area contributed by atoms with Gasteiger partial charge in [0.15, 0.2) is 5.69 Å². The lowest BCUT2D eigenvalue weighted by molar-refractivity contribution is 0.0975. The molecular weight excluding hydrogens is 344 g/mol. The van der Waals surface area contributed by atoms with E-state index in [0.29, 0.717) is 24.2 Å². The summed E-state index contributed by atoms with van der Waals surface area (Å²) in [6.07, 6.45) is 2.89. The number of amides is 1. The zero-order valence-electron chi connectivity index (χ0n) is 14.1. The van der Waals surface area contributed by atoms with Gasteiger partial charge in [-0.3, -0.25) is 4.79 Å². The van der Waals surface area contributed by atoms with E-state index in [1.807, 2.05) is 0 Å². The second-order valence-corrected chi connectivity index (χ2v) is 8.00. The van der Waals surface area contributed by atoms with Gasteiger partial charge in [0.05, 0.1) is 12.4 Å². The maximum atomic E-state index is 12.4. The summed E-state index contributed by atoms with van der Waals surface area (Å²) < 4.78 is 37.3. The lowest BCUT2D eigenvalue weighted by atomic mass is 10.2. The second kappa shape index (κ2) is 6.87. The Hall–Kier alpha value is -2.35. The van der Waals surface area contributed by atoms with Crippen molar-refractivity contribution in [2.24, 2.45) is 0 Å². The van der Waals surface area contributed by atoms with E-state index in [1.165, 1.54) is 0 Å². The van der Waals surface area contributed by atoms with Crippen molar-refractivity contribution in [1.82, 2.24) is 9.71 Å². The maximum Gasteiger partial charge on any atom is 0.286 e. The summed E-state index contributed by atoms with van der Waals surface area (Å²) in [5.41, 5.74) is 0.647. The van der Waals surface area contributed by atoms with E-state index in [0.717, 1.165) is 12.8 Å². The van der Waals surface area contributed by atoms with Crippen LogP contribution in [0.15, 0.2) is 28.7 Å². The highest BCUT2D eigenvalue weighted by molar-refractivity contribution is 7.90. The van der Waals surface area contributed by atoms with Crippen LogP contribution in [0.25, 0.3) is 11.5 Å². The van der Waals surface area contributed by atoms with Crippen LogP contribution in [0.5, 0.6) is 5.75 Å². The van der Waals surface area contributed by atoms with Crippen LogP contribution in [0.2, 0.25) is 0 Å². The monoisotopic (exact) mass is 364 g/mol. The Morgan fingerprint density at radius 3 is 2.48 bits per heavy atom. The Morgan fingerprint density at radius 1 is 1.24 bits per heavy atom. The number of nitrogens with one attached hydrogen (secondary N) is 1. The van der Waals surface area contributed by atoms with Gasteiger partial charge in [-0.15, -0.1) is 0 Å². The number of sulfonamides is 1. The molecule has 0 aliphatic heterocycles. The number of aromatic nitrogens is 1. The van der Waals surface area contributed by atoms with Crippen molar-refractivity contribution in [3.8, 4) is 17.2 Å². The first-order valence-electron chi connectivity index (χ1n) is 8.08. The molecule has 25 heavy (non-hydrogen) atoms. The number of rotatable bonds is 5. The van der Waals surface area contributed by atoms with Crippen molar-refractivity contribution >= 4 is 15.9 Å². The zero-order chi connectivity index (χ0) is 18.0.